The third kappa shape index (κ3) is 3.09. The van der Waals surface area contributed by atoms with Crippen LogP contribution in [-0.2, 0) is 0 Å². The van der Waals surface area contributed by atoms with E-state index in [1.54, 1.807) is 6.07 Å². The fourth-order valence-corrected chi connectivity index (χ4v) is 2.78. The average Bonchev–Trinajstić information content (AvgIpc) is 2.30. The molecule has 0 saturated carbocycles. The summed E-state index contributed by atoms with van der Waals surface area (Å²) in [6.45, 7) is 2.87. The quantitative estimate of drug-likeness (QED) is 0.895. The van der Waals surface area contributed by atoms with Crippen molar-refractivity contribution in [3.63, 3.8) is 0 Å². The van der Waals surface area contributed by atoms with Gasteiger partial charge in [0.05, 0.1) is 11.6 Å². The molecule has 3 nitrogen and oxygen atoms in total. The number of hydrogen-bond acceptors (Lipinski definition) is 3. The van der Waals surface area contributed by atoms with Gasteiger partial charge in [0.2, 0.25) is 0 Å². The van der Waals surface area contributed by atoms with Crippen molar-refractivity contribution in [2.45, 2.75) is 31.8 Å². The number of nitrogens with one attached hydrogen (secondary N) is 1. The monoisotopic (exact) mass is 289 g/mol. The van der Waals surface area contributed by atoms with Gasteiger partial charge in [0, 0.05) is 35.7 Å². The minimum absolute atomic E-state index is 0.173. The lowest BCUT2D eigenvalue weighted by atomic mass is 9.99. The van der Waals surface area contributed by atoms with E-state index in [9.17, 15) is 0 Å². The molecule has 0 radical (unpaired) electrons. The molecule has 0 fully saturated rings. The number of benzene rings is 1. The Bertz CT molecular complexity index is 426. The average molecular weight is 290 g/mol. The molecule has 0 spiro atoms. The molecule has 1 aromatic rings. The lowest BCUT2D eigenvalue weighted by Crippen LogP contribution is -2.34. The Morgan fingerprint density at radius 2 is 2.28 bits per heavy atom. The highest BCUT2D eigenvalue weighted by molar-refractivity contribution is 6.35. The summed E-state index contributed by atoms with van der Waals surface area (Å²) < 4.78 is 5.60. The van der Waals surface area contributed by atoms with Crippen molar-refractivity contribution in [2.24, 2.45) is 0 Å². The van der Waals surface area contributed by atoms with Gasteiger partial charge in [-0.2, -0.15) is 0 Å². The predicted octanol–water partition coefficient (Wildman–Crippen LogP) is 3.18. The van der Waals surface area contributed by atoms with Crippen molar-refractivity contribution >= 4 is 23.2 Å². The van der Waals surface area contributed by atoms with Gasteiger partial charge < -0.3 is 15.2 Å². The highest BCUT2D eigenvalue weighted by Crippen LogP contribution is 2.40. The van der Waals surface area contributed by atoms with E-state index in [1.165, 1.54) is 0 Å². The summed E-state index contributed by atoms with van der Waals surface area (Å²) >= 11 is 12.2. The van der Waals surface area contributed by atoms with Gasteiger partial charge >= 0.3 is 0 Å². The van der Waals surface area contributed by atoms with Gasteiger partial charge in [0.15, 0.2) is 0 Å². The van der Waals surface area contributed by atoms with Gasteiger partial charge in [0.1, 0.15) is 5.75 Å². The number of aliphatic hydroxyl groups is 1. The van der Waals surface area contributed by atoms with Gasteiger partial charge in [-0.05, 0) is 25.5 Å². The molecular formula is C13H17Cl2NO2. The first-order valence-electron chi connectivity index (χ1n) is 6.10. The topological polar surface area (TPSA) is 41.5 Å². The summed E-state index contributed by atoms with van der Waals surface area (Å²) in [4.78, 5) is 0. The van der Waals surface area contributed by atoms with Crippen LogP contribution < -0.4 is 10.1 Å². The second-order valence-corrected chi connectivity index (χ2v) is 5.42. The molecule has 1 aliphatic heterocycles. The van der Waals surface area contributed by atoms with Crippen LogP contribution in [0.4, 0.5) is 0 Å². The molecule has 2 N–H and O–H groups in total. The number of rotatable bonds is 4. The van der Waals surface area contributed by atoms with E-state index in [-0.39, 0.29) is 18.7 Å². The van der Waals surface area contributed by atoms with Crippen LogP contribution in [0.3, 0.4) is 0 Å². The Balaban J connectivity index is 2.22. The fraction of sp³-hybridized carbons (Fsp3) is 0.538. The van der Waals surface area contributed by atoms with E-state index in [4.69, 9.17) is 33.0 Å². The number of fused-ring (bicyclic) bond motifs is 1. The minimum atomic E-state index is 0.173. The van der Waals surface area contributed by atoms with Crippen molar-refractivity contribution in [2.75, 3.05) is 13.2 Å². The van der Waals surface area contributed by atoms with Crippen molar-refractivity contribution in [3.05, 3.63) is 27.7 Å². The van der Waals surface area contributed by atoms with Crippen molar-refractivity contribution in [1.29, 1.82) is 0 Å². The van der Waals surface area contributed by atoms with Crippen LogP contribution in [0.15, 0.2) is 12.1 Å². The molecule has 5 heteroatoms. The molecule has 0 bridgehead atoms. The molecule has 2 atom stereocenters. The lowest BCUT2D eigenvalue weighted by Gasteiger charge is -2.30. The smallest absolute Gasteiger partial charge is 0.142 e. The summed E-state index contributed by atoms with van der Waals surface area (Å²) in [5.41, 5.74) is 1.00. The van der Waals surface area contributed by atoms with Gasteiger partial charge in [-0.1, -0.05) is 23.2 Å². The van der Waals surface area contributed by atoms with E-state index in [0.29, 0.717) is 16.7 Å². The number of ether oxygens (including phenoxy) is 1. The van der Waals surface area contributed by atoms with Crippen LogP contribution in [-0.4, -0.2) is 24.4 Å². The molecule has 1 heterocycles. The Hall–Kier alpha value is -0.480. The predicted molar refractivity (Wildman–Crippen MR) is 73.6 cm³/mol. The first kappa shape index (κ1) is 13.9. The molecular weight excluding hydrogens is 273 g/mol. The Morgan fingerprint density at radius 1 is 1.50 bits per heavy atom. The van der Waals surface area contributed by atoms with Gasteiger partial charge in [-0.3, -0.25) is 0 Å². The maximum Gasteiger partial charge on any atom is 0.142 e. The SMILES string of the molecule is CC(CCO)NC1CCOc2c(Cl)cc(Cl)cc21. The largest absolute Gasteiger partial charge is 0.492 e. The molecule has 100 valence electrons. The van der Waals surface area contributed by atoms with Gasteiger partial charge in [-0.25, -0.2) is 0 Å². The highest BCUT2D eigenvalue weighted by atomic mass is 35.5. The number of halogens is 2. The zero-order valence-electron chi connectivity index (χ0n) is 10.2. The van der Waals surface area contributed by atoms with Crippen molar-refractivity contribution in [3.8, 4) is 5.75 Å². The van der Waals surface area contributed by atoms with Crippen molar-refractivity contribution < 1.29 is 9.84 Å². The normalized spacial score (nSPS) is 20.1. The van der Waals surface area contributed by atoms with E-state index in [2.05, 4.69) is 12.2 Å². The molecule has 2 unspecified atom stereocenters. The summed E-state index contributed by atoms with van der Waals surface area (Å²) in [6.07, 6.45) is 1.60. The molecule has 2 rings (SSSR count). The third-order valence-corrected chi connectivity index (χ3v) is 3.61. The standard InChI is InChI=1S/C13H17Cl2NO2/c1-8(2-4-17)16-12-3-5-18-13-10(12)6-9(14)7-11(13)15/h6-8,12,16-17H,2-5H2,1H3. The molecule has 18 heavy (non-hydrogen) atoms. The van der Waals surface area contributed by atoms with Crippen LogP contribution in [0.2, 0.25) is 10.0 Å². The first-order valence-corrected chi connectivity index (χ1v) is 6.86. The Labute approximate surface area is 117 Å². The molecule has 0 saturated heterocycles. The third-order valence-electron chi connectivity index (χ3n) is 3.11. The summed E-state index contributed by atoms with van der Waals surface area (Å²) in [7, 11) is 0. The first-order chi connectivity index (χ1) is 8.61. The number of aliphatic hydroxyl groups excluding tert-OH is 1. The number of hydrogen-bond donors (Lipinski definition) is 2. The molecule has 0 aromatic heterocycles. The van der Waals surface area contributed by atoms with E-state index < -0.39 is 0 Å². The molecule has 1 aliphatic rings. The Morgan fingerprint density at radius 3 is 3.00 bits per heavy atom. The van der Waals surface area contributed by atoms with Crippen LogP contribution in [0, 0.1) is 0 Å². The van der Waals surface area contributed by atoms with Gasteiger partial charge in [0.25, 0.3) is 0 Å². The van der Waals surface area contributed by atoms with E-state index in [0.717, 1.165) is 24.2 Å². The molecule has 1 aromatic carbocycles. The fourth-order valence-electron chi connectivity index (χ4n) is 2.22. The van der Waals surface area contributed by atoms with Crippen molar-refractivity contribution in [1.82, 2.24) is 5.32 Å². The molecule has 0 aliphatic carbocycles. The summed E-state index contributed by atoms with van der Waals surface area (Å²) in [5, 5.41) is 13.6. The van der Waals surface area contributed by atoms with E-state index >= 15 is 0 Å². The Kier molecular flexibility index (Phi) is 4.73. The second-order valence-electron chi connectivity index (χ2n) is 4.58. The maximum atomic E-state index is 8.94. The highest BCUT2D eigenvalue weighted by Gasteiger charge is 2.25. The van der Waals surface area contributed by atoms with Crippen LogP contribution in [0.25, 0.3) is 0 Å². The van der Waals surface area contributed by atoms with Crippen LogP contribution in [0.5, 0.6) is 5.75 Å². The zero-order chi connectivity index (χ0) is 13.1. The minimum Gasteiger partial charge on any atom is -0.492 e. The summed E-state index contributed by atoms with van der Waals surface area (Å²) in [5.74, 6) is 0.723. The lowest BCUT2D eigenvalue weighted by molar-refractivity contribution is 0.229. The second kappa shape index (κ2) is 6.11. The van der Waals surface area contributed by atoms with E-state index in [1.807, 2.05) is 6.07 Å². The summed E-state index contributed by atoms with van der Waals surface area (Å²) in [6, 6.07) is 4.00. The van der Waals surface area contributed by atoms with Gasteiger partial charge in [-0.15, -0.1) is 0 Å². The molecule has 0 amide bonds. The maximum absolute atomic E-state index is 8.94. The van der Waals surface area contributed by atoms with Crippen LogP contribution in [0.1, 0.15) is 31.4 Å². The zero-order valence-corrected chi connectivity index (χ0v) is 11.8. The van der Waals surface area contributed by atoms with Crippen LogP contribution >= 0.6 is 23.2 Å².